The van der Waals surface area contributed by atoms with Gasteiger partial charge >= 0.3 is 5.97 Å². The Bertz CT molecular complexity index is 1440. The Hall–Kier alpha value is -2.13. The first-order valence-electron chi connectivity index (χ1n) is 18.8. The molecule has 6 aliphatic carbocycles. The molecule has 3 nitrogen and oxygen atoms in total. The number of allylic oxidation sites excluding steroid dienone is 5. The molecule has 0 heterocycles. The number of ether oxygens (including phenoxy) is 1. The Morgan fingerprint density at radius 1 is 0.891 bits per heavy atom. The number of hydrogen-bond donors (Lipinski definition) is 1. The molecule has 2 N–H and O–H groups in total. The number of rotatable bonds is 5. The smallest absolute Gasteiger partial charge is 0.309 e. The molecule has 3 heteroatoms. The van der Waals surface area contributed by atoms with Crippen LogP contribution in [0, 0.1) is 57.2 Å². The summed E-state index contributed by atoms with van der Waals surface area (Å²) in [5.41, 5.74) is 14.0. The molecule has 0 aromatic heterocycles. The van der Waals surface area contributed by atoms with Crippen LogP contribution in [0.15, 0.2) is 65.8 Å². The standard InChI is InChI=1S/C43H61NO2/c1-28(2)32-19-24-43(44)26-25-41(6)34(37(32)43)17-18-36-40(5)22-20-33(39(3,4)35(40)21-23-42(36,41)7)30-13-15-31(16-14-30)38(45)46-27-29-11-9-8-10-12-29/h8-13,20,31-32,34-37H,1,14-19,21-27,44H2,2-7H3/t31-,32?,34+,35?,36?,37?,40-,41+,42+,43-/m0/s1. The van der Waals surface area contributed by atoms with Gasteiger partial charge in [-0.3, -0.25) is 4.79 Å². The van der Waals surface area contributed by atoms with Crippen LogP contribution in [0.4, 0.5) is 0 Å². The number of fused-ring (bicyclic) bond motifs is 7. The van der Waals surface area contributed by atoms with Crippen LogP contribution in [0.1, 0.15) is 124 Å². The van der Waals surface area contributed by atoms with Crippen molar-refractivity contribution >= 4 is 5.97 Å². The zero-order valence-electron chi connectivity index (χ0n) is 29.8. The van der Waals surface area contributed by atoms with E-state index in [4.69, 9.17) is 10.5 Å². The second kappa shape index (κ2) is 11.2. The second-order valence-corrected chi connectivity index (χ2v) is 18.3. The van der Waals surface area contributed by atoms with Gasteiger partial charge in [-0.2, -0.15) is 0 Å². The van der Waals surface area contributed by atoms with Crippen molar-refractivity contribution in [1.29, 1.82) is 0 Å². The number of carbonyl (C=O) groups is 1. The lowest BCUT2D eigenvalue weighted by molar-refractivity contribution is -0.219. The molecule has 7 rings (SSSR count). The molecule has 0 aliphatic heterocycles. The lowest BCUT2D eigenvalue weighted by atomic mass is 9.33. The quantitative estimate of drug-likeness (QED) is 0.262. The summed E-state index contributed by atoms with van der Waals surface area (Å²) in [6, 6.07) is 10.0. The van der Waals surface area contributed by atoms with E-state index in [0.717, 1.165) is 36.7 Å². The minimum absolute atomic E-state index is 0.0217. The Kier molecular flexibility index (Phi) is 7.90. The van der Waals surface area contributed by atoms with Crippen molar-refractivity contribution in [2.24, 2.45) is 62.9 Å². The maximum absolute atomic E-state index is 13.0. The lowest BCUT2D eigenvalue weighted by Crippen LogP contribution is -2.67. The summed E-state index contributed by atoms with van der Waals surface area (Å²) in [6.45, 7) is 20.4. The first-order valence-corrected chi connectivity index (χ1v) is 18.8. The fourth-order valence-electron chi connectivity index (χ4n) is 13.5. The van der Waals surface area contributed by atoms with E-state index in [-0.39, 0.29) is 22.8 Å². The first kappa shape index (κ1) is 32.4. The molecule has 4 saturated carbocycles. The van der Waals surface area contributed by atoms with Crippen LogP contribution in [0.5, 0.6) is 0 Å². The van der Waals surface area contributed by atoms with Crippen molar-refractivity contribution in [2.45, 2.75) is 131 Å². The van der Waals surface area contributed by atoms with Crippen molar-refractivity contribution in [2.75, 3.05) is 0 Å². The lowest BCUT2D eigenvalue weighted by Gasteiger charge is -2.72. The van der Waals surface area contributed by atoms with E-state index in [2.05, 4.69) is 60.3 Å². The molecule has 10 atom stereocenters. The summed E-state index contributed by atoms with van der Waals surface area (Å²) in [5, 5.41) is 0. The highest BCUT2D eigenvalue weighted by molar-refractivity contribution is 5.73. The molecule has 4 fully saturated rings. The number of nitrogens with two attached hydrogens (primary N) is 1. The number of hydrogen-bond acceptors (Lipinski definition) is 3. The van der Waals surface area contributed by atoms with Gasteiger partial charge in [0.05, 0.1) is 5.92 Å². The third kappa shape index (κ3) is 4.71. The summed E-state index contributed by atoms with van der Waals surface area (Å²) in [6.07, 6.45) is 19.2. The van der Waals surface area contributed by atoms with Crippen molar-refractivity contribution in [3.05, 3.63) is 71.3 Å². The van der Waals surface area contributed by atoms with E-state index in [1.54, 1.807) is 5.57 Å². The zero-order valence-corrected chi connectivity index (χ0v) is 29.8. The number of esters is 1. The van der Waals surface area contributed by atoms with Gasteiger partial charge < -0.3 is 10.5 Å². The van der Waals surface area contributed by atoms with E-state index in [9.17, 15) is 4.79 Å². The van der Waals surface area contributed by atoms with Gasteiger partial charge in [-0.1, -0.05) is 89.3 Å². The van der Waals surface area contributed by atoms with Crippen LogP contribution < -0.4 is 5.73 Å². The fraction of sp³-hybridized carbons (Fsp3) is 0.698. The van der Waals surface area contributed by atoms with Crippen LogP contribution in [0.2, 0.25) is 0 Å². The third-order valence-corrected chi connectivity index (χ3v) is 16.0. The average molecular weight is 624 g/mol. The van der Waals surface area contributed by atoms with Crippen molar-refractivity contribution in [3.63, 3.8) is 0 Å². The highest BCUT2D eigenvalue weighted by atomic mass is 16.5. The first-order chi connectivity index (χ1) is 21.7. The number of carbonyl (C=O) groups excluding carboxylic acids is 1. The Morgan fingerprint density at radius 2 is 1.65 bits per heavy atom. The molecular formula is C43H61NO2. The van der Waals surface area contributed by atoms with Gasteiger partial charge in [-0.05, 0) is 152 Å². The van der Waals surface area contributed by atoms with Crippen LogP contribution in [0.25, 0.3) is 0 Å². The van der Waals surface area contributed by atoms with Gasteiger partial charge in [0.1, 0.15) is 6.61 Å². The highest BCUT2D eigenvalue weighted by Gasteiger charge is 2.70. The molecular weight excluding hydrogens is 562 g/mol. The van der Waals surface area contributed by atoms with Gasteiger partial charge in [-0.15, -0.1) is 0 Å². The van der Waals surface area contributed by atoms with Crippen LogP contribution in [0.3, 0.4) is 0 Å². The molecule has 250 valence electrons. The van der Waals surface area contributed by atoms with E-state index >= 15 is 0 Å². The molecule has 4 unspecified atom stereocenters. The van der Waals surface area contributed by atoms with E-state index < -0.39 is 0 Å². The maximum Gasteiger partial charge on any atom is 0.309 e. The summed E-state index contributed by atoms with van der Waals surface area (Å²) in [4.78, 5) is 13.0. The largest absolute Gasteiger partial charge is 0.461 e. The van der Waals surface area contributed by atoms with E-state index in [1.807, 2.05) is 30.3 Å². The molecule has 1 aromatic rings. The molecule has 6 aliphatic rings. The predicted molar refractivity (Wildman–Crippen MR) is 189 cm³/mol. The fourth-order valence-corrected chi connectivity index (χ4v) is 13.5. The van der Waals surface area contributed by atoms with Crippen molar-refractivity contribution < 1.29 is 9.53 Å². The van der Waals surface area contributed by atoms with Gasteiger partial charge in [0.25, 0.3) is 0 Å². The molecule has 0 saturated heterocycles. The molecule has 0 bridgehead atoms. The van der Waals surface area contributed by atoms with E-state index in [0.29, 0.717) is 40.6 Å². The minimum Gasteiger partial charge on any atom is -0.461 e. The molecule has 1 aromatic carbocycles. The Labute approximate surface area is 279 Å². The monoisotopic (exact) mass is 623 g/mol. The predicted octanol–water partition coefficient (Wildman–Crippen LogP) is 10.4. The topological polar surface area (TPSA) is 52.3 Å². The maximum atomic E-state index is 13.0. The molecule has 0 amide bonds. The highest BCUT2D eigenvalue weighted by Crippen LogP contribution is 2.76. The number of benzene rings is 1. The van der Waals surface area contributed by atoms with Crippen LogP contribution in [-0.4, -0.2) is 11.5 Å². The van der Waals surface area contributed by atoms with Gasteiger partial charge in [0.2, 0.25) is 0 Å². The molecule has 0 radical (unpaired) electrons. The van der Waals surface area contributed by atoms with E-state index in [1.165, 1.54) is 68.9 Å². The van der Waals surface area contributed by atoms with Gasteiger partial charge in [0, 0.05) is 5.54 Å². The van der Waals surface area contributed by atoms with Crippen molar-refractivity contribution in [1.82, 2.24) is 0 Å². The van der Waals surface area contributed by atoms with Crippen LogP contribution in [-0.2, 0) is 16.1 Å². The van der Waals surface area contributed by atoms with Crippen molar-refractivity contribution in [3.8, 4) is 0 Å². The van der Waals surface area contributed by atoms with Crippen LogP contribution >= 0.6 is 0 Å². The third-order valence-electron chi connectivity index (χ3n) is 16.0. The molecule has 46 heavy (non-hydrogen) atoms. The summed E-state index contributed by atoms with van der Waals surface area (Å²) in [7, 11) is 0. The minimum atomic E-state index is -0.0407. The second-order valence-electron chi connectivity index (χ2n) is 18.3. The van der Waals surface area contributed by atoms with Gasteiger partial charge in [-0.25, -0.2) is 0 Å². The summed E-state index contributed by atoms with van der Waals surface area (Å²) < 4.78 is 5.73. The Morgan fingerprint density at radius 3 is 2.35 bits per heavy atom. The summed E-state index contributed by atoms with van der Waals surface area (Å²) in [5.74, 6) is 3.30. The van der Waals surface area contributed by atoms with Gasteiger partial charge in [0.15, 0.2) is 0 Å². The normalized spacial score (nSPS) is 44.4. The zero-order chi connectivity index (χ0) is 32.7. The Balaban J connectivity index is 1.10. The SMILES string of the molecule is C=C(C)C1CC[C@]2(N)CC[C@]3(C)[C@H](CCC4[C@@]5(C)CC=C(C6=CC[C@H](C(=O)OCc7ccccc7)CC6)C(C)(C)C5CC[C@]43C)C12. The average Bonchev–Trinajstić information content (AvgIpc) is 3.38. The summed E-state index contributed by atoms with van der Waals surface area (Å²) >= 11 is 0. The molecule has 0 spiro atoms.